The van der Waals surface area contributed by atoms with Gasteiger partial charge in [-0.25, -0.2) is 8.42 Å². The number of hydrogen-bond acceptors (Lipinski definition) is 5. The van der Waals surface area contributed by atoms with Gasteiger partial charge in [0, 0.05) is 0 Å². The smallest absolute Gasteiger partial charge is 0.263 e. The van der Waals surface area contributed by atoms with Crippen molar-refractivity contribution < 1.29 is 22.7 Å². The molecule has 1 amide bonds. The van der Waals surface area contributed by atoms with Gasteiger partial charge in [0.25, 0.3) is 5.91 Å². The number of aryl methyl sites for hydroxylation is 1. The fourth-order valence-electron chi connectivity index (χ4n) is 4.27. The first-order chi connectivity index (χ1) is 16.8. The van der Waals surface area contributed by atoms with Gasteiger partial charge < -0.3 is 14.8 Å². The minimum absolute atomic E-state index is 0.101. The van der Waals surface area contributed by atoms with E-state index in [-0.39, 0.29) is 24.2 Å². The average Bonchev–Trinajstić information content (AvgIpc) is 2.86. The molecule has 0 aliphatic carbocycles. The summed E-state index contributed by atoms with van der Waals surface area (Å²) in [5, 5.41) is 3.04. The number of anilines is 1. The maximum Gasteiger partial charge on any atom is 0.263 e. The van der Waals surface area contributed by atoms with Crippen LogP contribution in [0, 0.1) is 6.92 Å². The molecule has 0 spiro atoms. The Kier molecular flexibility index (Phi) is 7.31. The van der Waals surface area contributed by atoms with Crippen molar-refractivity contribution in [1.82, 2.24) is 5.32 Å². The number of amides is 1. The van der Waals surface area contributed by atoms with Gasteiger partial charge in [0.05, 0.1) is 31.1 Å². The normalized spacial score (nSPS) is 16.1. The van der Waals surface area contributed by atoms with Crippen molar-refractivity contribution in [3.8, 4) is 11.5 Å². The molecule has 1 aliphatic heterocycles. The van der Waals surface area contributed by atoms with Crippen LogP contribution in [0.5, 0.6) is 11.5 Å². The number of carbonyl (C=O) groups is 1. The maximum atomic E-state index is 13.4. The molecule has 1 aliphatic rings. The molecule has 0 bridgehead atoms. The van der Waals surface area contributed by atoms with E-state index in [0.29, 0.717) is 23.4 Å². The highest BCUT2D eigenvalue weighted by Crippen LogP contribution is 2.36. The first-order valence-corrected chi connectivity index (χ1v) is 13.2. The summed E-state index contributed by atoms with van der Waals surface area (Å²) in [6.45, 7) is 3.84. The molecule has 8 heteroatoms. The first-order valence-electron chi connectivity index (χ1n) is 11.6. The summed E-state index contributed by atoms with van der Waals surface area (Å²) in [6.07, 6.45) is -0.319. The number of para-hydroxylation sites is 2. The molecular formula is C27H30N2O5S. The van der Waals surface area contributed by atoms with Crippen molar-refractivity contribution >= 4 is 21.6 Å². The van der Waals surface area contributed by atoms with E-state index in [9.17, 15) is 13.2 Å². The molecule has 3 aromatic carbocycles. The zero-order valence-electron chi connectivity index (χ0n) is 20.1. The van der Waals surface area contributed by atoms with E-state index >= 15 is 0 Å². The zero-order valence-corrected chi connectivity index (χ0v) is 20.9. The highest BCUT2D eigenvalue weighted by molar-refractivity contribution is 7.92. The number of benzene rings is 3. The van der Waals surface area contributed by atoms with Gasteiger partial charge in [0.15, 0.2) is 6.10 Å². The highest BCUT2D eigenvalue weighted by atomic mass is 32.2. The maximum absolute atomic E-state index is 13.4. The van der Waals surface area contributed by atoms with Gasteiger partial charge in [-0.05, 0) is 48.2 Å². The molecule has 0 radical (unpaired) electrons. The Morgan fingerprint density at radius 2 is 1.83 bits per heavy atom. The lowest BCUT2D eigenvalue weighted by Crippen LogP contribution is -2.51. The summed E-state index contributed by atoms with van der Waals surface area (Å²) in [5.74, 6) is 0.615. The minimum atomic E-state index is -3.76. The van der Waals surface area contributed by atoms with Crippen LogP contribution in [-0.4, -0.2) is 34.1 Å². The lowest BCUT2D eigenvalue weighted by Gasteiger charge is -2.35. The SMILES string of the molecule is CC[C@@H](NC(=O)[C@H]1CN(S(=O)(=O)Cc2ccccc2)c2ccccc2O1)c1ccc(OC)c(C)c1. The lowest BCUT2D eigenvalue weighted by atomic mass is 10.0. The molecule has 1 N–H and O–H groups in total. The highest BCUT2D eigenvalue weighted by Gasteiger charge is 2.37. The van der Waals surface area contributed by atoms with Crippen LogP contribution in [0.25, 0.3) is 0 Å². The zero-order chi connectivity index (χ0) is 25.0. The van der Waals surface area contributed by atoms with Gasteiger partial charge in [-0.15, -0.1) is 0 Å². The van der Waals surface area contributed by atoms with Crippen molar-refractivity contribution in [3.05, 3.63) is 89.5 Å². The molecule has 0 saturated carbocycles. The molecule has 0 unspecified atom stereocenters. The van der Waals surface area contributed by atoms with Gasteiger partial charge in [0.1, 0.15) is 11.5 Å². The standard InChI is InChI=1S/C27H30N2O5S/c1-4-22(21-14-15-24(33-3)19(2)16-21)28-27(30)26-17-29(23-12-8-9-13-25(23)34-26)35(31,32)18-20-10-6-5-7-11-20/h5-16,22,26H,4,17-18H2,1-3H3,(H,28,30)/t22-,26-/m1/s1. The van der Waals surface area contributed by atoms with Gasteiger partial charge in [0.2, 0.25) is 10.0 Å². The second kappa shape index (κ2) is 10.4. The Morgan fingerprint density at radius 1 is 1.11 bits per heavy atom. The second-order valence-electron chi connectivity index (χ2n) is 8.55. The molecule has 35 heavy (non-hydrogen) atoms. The van der Waals surface area contributed by atoms with Crippen LogP contribution in [0.4, 0.5) is 5.69 Å². The van der Waals surface area contributed by atoms with Crippen LogP contribution in [0.3, 0.4) is 0 Å². The first kappa shape index (κ1) is 24.6. The minimum Gasteiger partial charge on any atom is -0.496 e. The van der Waals surface area contributed by atoms with Crippen molar-refractivity contribution in [2.75, 3.05) is 18.0 Å². The summed E-state index contributed by atoms with van der Waals surface area (Å²) in [6, 6.07) is 21.4. The summed E-state index contributed by atoms with van der Waals surface area (Å²) in [4.78, 5) is 13.3. The van der Waals surface area contributed by atoms with Crippen molar-refractivity contribution in [2.45, 2.75) is 38.2 Å². The third-order valence-electron chi connectivity index (χ3n) is 6.10. The molecule has 184 valence electrons. The summed E-state index contributed by atoms with van der Waals surface area (Å²) in [5.41, 5.74) is 3.03. The summed E-state index contributed by atoms with van der Waals surface area (Å²) >= 11 is 0. The Bertz CT molecular complexity index is 1290. The monoisotopic (exact) mass is 494 g/mol. The van der Waals surface area contributed by atoms with Crippen LogP contribution in [0.15, 0.2) is 72.8 Å². The van der Waals surface area contributed by atoms with E-state index in [4.69, 9.17) is 9.47 Å². The van der Waals surface area contributed by atoms with Crippen molar-refractivity contribution in [2.24, 2.45) is 0 Å². The third-order valence-corrected chi connectivity index (χ3v) is 7.82. The van der Waals surface area contributed by atoms with Crippen molar-refractivity contribution in [3.63, 3.8) is 0 Å². The van der Waals surface area contributed by atoms with Crippen LogP contribution in [0.1, 0.15) is 36.1 Å². The van der Waals surface area contributed by atoms with Gasteiger partial charge in [-0.3, -0.25) is 9.10 Å². The van der Waals surface area contributed by atoms with Crippen LogP contribution >= 0.6 is 0 Å². The fourth-order valence-corrected chi connectivity index (χ4v) is 5.85. The Hall–Kier alpha value is -3.52. The number of nitrogens with one attached hydrogen (secondary N) is 1. The molecule has 4 rings (SSSR count). The molecule has 0 fully saturated rings. The quantitative estimate of drug-likeness (QED) is 0.503. The third kappa shape index (κ3) is 5.43. The lowest BCUT2D eigenvalue weighted by molar-refractivity contribution is -0.128. The molecule has 7 nitrogen and oxygen atoms in total. The predicted molar refractivity (Wildman–Crippen MR) is 136 cm³/mol. The molecule has 0 saturated heterocycles. The fraction of sp³-hybridized carbons (Fsp3) is 0.296. The number of carbonyl (C=O) groups excluding carboxylic acids is 1. The number of fused-ring (bicyclic) bond motifs is 1. The van der Waals surface area contributed by atoms with Crippen molar-refractivity contribution in [1.29, 1.82) is 0 Å². The van der Waals surface area contributed by atoms with E-state index in [2.05, 4.69) is 5.32 Å². The number of methoxy groups -OCH3 is 1. The van der Waals surface area contributed by atoms with E-state index in [0.717, 1.165) is 16.9 Å². The number of ether oxygens (including phenoxy) is 2. The van der Waals surface area contributed by atoms with Gasteiger partial charge in [-0.2, -0.15) is 0 Å². The number of sulfonamides is 1. The second-order valence-corrected chi connectivity index (χ2v) is 10.4. The van der Waals surface area contributed by atoms with E-state index in [1.54, 1.807) is 55.6 Å². The van der Waals surface area contributed by atoms with E-state index in [1.807, 2.05) is 38.1 Å². The van der Waals surface area contributed by atoms with Gasteiger partial charge in [-0.1, -0.05) is 61.5 Å². The Labute approximate surface area is 206 Å². The summed E-state index contributed by atoms with van der Waals surface area (Å²) in [7, 11) is -2.13. The topological polar surface area (TPSA) is 84.9 Å². The molecule has 1 heterocycles. The summed E-state index contributed by atoms with van der Waals surface area (Å²) < 4.78 is 39.4. The molecule has 3 aromatic rings. The van der Waals surface area contributed by atoms with E-state index in [1.165, 1.54) is 4.31 Å². The van der Waals surface area contributed by atoms with E-state index < -0.39 is 16.1 Å². The number of rotatable bonds is 8. The largest absolute Gasteiger partial charge is 0.496 e. The Balaban J connectivity index is 1.57. The molecule has 0 aromatic heterocycles. The molecule has 2 atom stereocenters. The van der Waals surface area contributed by atoms with Crippen LogP contribution in [-0.2, 0) is 20.6 Å². The molecular weight excluding hydrogens is 464 g/mol. The number of nitrogens with zero attached hydrogens (tertiary/aromatic N) is 1. The average molecular weight is 495 g/mol. The number of hydrogen-bond donors (Lipinski definition) is 1. The Morgan fingerprint density at radius 3 is 2.51 bits per heavy atom. The van der Waals surface area contributed by atoms with Crippen LogP contribution in [0.2, 0.25) is 0 Å². The predicted octanol–water partition coefficient (Wildman–Crippen LogP) is 4.37. The van der Waals surface area contributed by atoms with Crippen LogP contribution < -0.4 is 19.1 Å². The van der Waals surface area contributed by atoms with Gasteiger partial charge >= 0.3 is 0 Å².